The molecular weight excluding hydrogens is 250 g/mol. The summed E-state index contributed by atoms with van der Waals surface area (Å²) >= 11 is 0. The first-order chi connectivity index (χ1) is 9.79. The van der Waals surface area contributed by atoms with Crippen molar-refractivity contribution in [1.82, 2.24) is 9.97 Å². The molecule has 96 valence electrons. The van der Waals surface area contributed by atoms with E-state index in [9.17, 15) is 10.1 Å². The lowest BCUT2D eigenvalue weighted by Crippen LogP contribution is -2.12. The topological polar surface area (TPSA) is 69.5 Å². The van der Waals surface area contributed by atoms with Crippen LogP contribution in [0.2, 0.25) is 0 Å². The molecule has 3 rings (SSSR count). The molecule has 0 spiro atoms. The summed E-state index contributed by atoms with van der Waals surface area (Å²) in [6.45, 7) is 0. The number of carbonyl (C=O) groups excluding carboxylic acids is 1. The smallest absolute Gasteiger partial charge is 0.187 e. The van der Waals surface area contributed by atoms with Gasteiger partial charge in [0.15, 0.2) is 11.7 Å². The van der Waals surface area contributed by atoms with Crippen LogP contribution in [-0.4, -0.2) is 15.8 Å². The van der Waals surface area contributed by atoms with E-state index >= 15 is 0 Å². The highest BCUT2D eigenvalue weighted by atomic mass is 16.1. The van der Waals surface area contributed by atoms with Crippen molar-refractivity contribution < 1.29 is 4.79 Å². The predicted octanol–water partition coefficient (Wildman–Crippen LogP) is 3.05. The van der Waals surface area contributed by atoms with Gasteiger partial charge in [-0.1, -0.05) is 42.5 Å². The number of ketones is 1. The Bertz CT molecular complexity index is 766. The molecular formula is C16H11N3O. The van der Waals surface area contributed by atoms with Crippen molar-refractivity contribution in [3.05, 3.63) is 66.0 Å². The van der Waals surface area contributed by atoms with Crippen LogP contribution in [0, 0.1) is 11.3 Å². The molecule has 20 heavy (non-hydrogen) atoms. The maximum atomic E-state index is 12.4. The van der Waals surface area contributed by atoms with E-state index in [-0.39, 0.29) is 5.78 Å². The van der Waals surface area contributed by atoms with E-state index in [1.807, 2.05) is 36.4 Å². The van der Waals surface area contributed by atoms with Crippen LogP contribution in [0.3, 0.4) is 0 Å². The number of carbonyl (C=O) groups is 1. The van der Waals surface area contributed by atoms with E-state index in [4.69, 9.17) is 0 Å². The first-order valence-corrected chi connectivity index (χ1v) is 6.23. The molecule has 0 aliphatic rings. The Kier molecular flexibility index (Phi) is 3.02. The summed E-state index contributed by atoms with van der Waals surface area (Å²) in [5.74, 6) is -0.764. The minimum absolute atomic E-state index is 0.243. The van der Waals surface area contributed by atoms with Crippen molar-refractivity contribution in [1.29, 1.82) is 5.26 Å². The van der Waals surface area contributed by atoms with Gasteiger partial charge in [0.1, 0.15) is 5.82 Å². The number of H-pyrrole nitrogens is 1. The van der Waals surface area contributed by atoms with Crippen LogP contribution in [0.1, 0.15) is 22.1 Å². The summed E-state index contributed by atoms with van der Waals surface area (Å²) in [5, 5.41) is 9.31. The summed E-state index contributed by atoms with van der Waals surface area (Å²) in [5.41, 5.74) is 2.09. The number of hydrogen-bond acceptors (Lipinski definition) is 3. The molecule has 0 bridgehead atoms. The molecule has 0 saturated heterocycles. The van der Waals surface area contributed by atoms with E-state index < -0.39 is 5.92 Å². The number of Topliss-reactive ketones (excluding diaryl/α,β-unsaturated/α-hetero) is 1. The second-order valence-corrected chi connectivity index (χ2v) is 4.43. The Morgan fingerprint density at radius 2 is 1.80 bits per heavy atom. The number of benzene rings is 2. The molecule has 0 fully saturated rings. The molecule has 3 aromatic rings. The second-order valence-electron chi connectivity index (χ2n) is 4.43. The molecule has 1 aromatic heterocycles. The normalized spacial score (nSPS) is 11.9. The lowest BCUT2D eigenvalue weighted by molar-refractivity contribution is 0.0976. The number of imidazole rings is 1. The summed E-state index contributed by atoms with van der Waals surface area (Å²) in [6.07, 6.45) is 0. The number of rotatable bonds is 3. The molecule has 0 saturated carbocycles. The van der Waals surface area contributed by atoms with Gasteiger partial charge in [0.05, 0.1) is 17.1 Å². The number of nitrogens with zero attached hydrogens (tertiary/aromatic N) is 2. The van der Waals surface area contributed by atoms with Gasteiger partial charge in [-0.25, -0.2) is 4.98 Å². The molecule has 0 aliphatic heterocycles. The highest BCUT2D eigenvalue weighted by Gasteiger charge is 2.24. The SMILES string of the molecule is N#CC(C(=O)c1ccccc1)c1nc2ccccc2[nH]1. The van der Waals surface area contributed by atoms with Gasteiger partial charge in [0, 0.05) is 5.56 Å². The van der Waals surface area contributed by atoms with Crippen LogP contribution >= 0.6 is 0 Å². The first-order valence-electron chi connectivity index (χ1n) is 6.23. The Labute approximate surface area is 115 Å². The standard InChI is InChI=1S/C16H11N3O/c17-10-12(15(20)11-6-2-1-3-7-11)16-18-13-8-4-5-9-14(13)19-16/h1-9,12H,(H,18,19). The fourth-order valence-corrected chi connectivity index (χ4v) is 2.12. The summed E-state index contributed by atoms with van der Waals surface area (Å²) < 4.78 is 0. The molecule has 1 heterocycles. The number of nitriles is 1. The molecule has 4 heteroatoms. The maximum absolute atomic E-state index is 12.4. The second kappa shape index (κ2) is 4.98. The van der Waals surface area contributed by atoms with E-state index in [1.165, 1.54) is 0 Å². The lowest BCUT2D eigenvalue weighted by atomic mass is 9.98. The number of nitrogens with one attached hydrogen (secondary N) is 1. The van der Waals surface area contributed by atoms with Crippen molar-refractivity contribution in [2.75, 3.05) is 0 Å². The van der Waals surface area contributed by atoms with Gasteiger partial charge in [-0.2, -0.15) is 5.26 Å². The van der Waals surface area contributed by atoms with Crippen LogP contribution in [0.5, 0.6) is 0 Å². The van der Waals surface area contributed by atoms with Gasteiger partial charge in [-0.15, -0.1) is 0 Å². The van der Waals surface area contributed by atoms with Crippen LogP contribution in [0.15, 0.2) is 54.6 Å². The third-order valence-electron chi connectivity index (χ3n) is 3.13. The zero-order valence-electron chi connectivity index (χ0n) is 10.6. The van der Waals surface area contributed by atoms with Gasteiger partial charge in [-0.3, -0.25) is 4.79 Å². The zero-order valence-corrected chi connectivity index (χ0v) is 10.6. The quantitative estimate of drug-likeness (QED) is 0.737. The van der Waals surface area contributed by atoms with Gasteiger partial charge in [0.2, 0.25) is 0 Å². The van der Waals surface area contributed by atoms with Crippen LogP contribution in [0.4, 0.5) is 0 Å². The number of aromatic nitrogens is 2. The summed E-state index contributed by atoms with van der Waals surface area (Å²) in [7, 11) is 0. The highest BCUT2D eigenvalue weighted by molar-refractivity contribution is 6.02. The van der Waals surface area contributed by atoms with Crippen molar-refractivity contribution >= 4 is 16.8 Å². The highest BCUT2D eigenvalue weighted by Crippen LogP contribution is 2.21. The van der Waals surface area contributed by atoms with Crippen molar-refractivity contribution in [3.8, 4) is 6.07 Å². The van der Waals surface area contributed by atoms with E-state index in [2.05, 4.69) is 9.97 Å². The van der Waals surface area contributed by atoms with E-state index in [0.29, 0.717) is 11.4 Å². The molecule has 1 unspecified atom stereocenters. The molecule has 1 atom stereocenters. The Morgan fingerprint density at radius 1 is 1.10 bits per heavy atom. The average molecular weight is 261 g/mol. The molecule has 0 aliphatic carbocycles. The minimum atomic E-state index is -0.912. The molecule has 0 amide bonds. The van der Waals surface area contributed by atoms with Crippen LogP contribution in [-0.2, 0) is 0 Å². The fraction of sp³-hybridized carbons (Fsp3) is 0.0625. The minimum Gasteiger partial charge on any atom is -0.340 e. The van der Waals surface area contributed by atoms with Gasteiger partial charge in [-0.05, 0) is 12.1 Å². The van der Waals surface area contributed by atoms with Gasteiger partial charge >= 0.3 is 0 Å². The van der Waals surface area contributed by atoms with E-state index in [0.717, 1.165) is 11.0 Å². The van der Waals surface area contributed by atoms with Crippen molar-refractivity contribution in [2.24, 2.45) is 0 Å². The predicted molar refractivity (Wildman–Crippen MR) is 75.2 cm³/mol. The van der Waals surface area contributed by atoms with Crippen LogP contribution in [0.25, 0.3) is 11.0 Å². The zero-order chi connectivity index (χ0) is 13.9. The third kappa shape index (κ3) is 2.06. The van der Waals surface area contributed by atoms with Crippen LogP contribution < -0.4 is 0 Å². The Morgan fingerprint density at radius 3 is 2.50 bits per heavy atom. The molecule has 1 N–H and O–H groups in total. The largest absolute Gasteiger partial charge is 0.340 e. The first kappa shape index (κ1) is 12.1. The number of hydrogen-bond donors (Lipinski definition) is 1. The lowest BCUT2D eigenvalue weighted by Gasteiger charge is -2.04. The molecule has 4 nitrogen and oxygen atoms in total. The van der Waals surface area contributed by atoms with Gasteiger partial charge < -0.3 is 4.98 Å². The number of para-hydroxylation sites is 2. The summed E-state index contributed by atoms with van der Waals surface area (Å²) in [6, 6.07) is 18.3. The average Bonchev–Trinajstić information content (AvgIpc) is 2.92. The van der Waals surface area contributed by atoms with Gasteiger partial charge in [0.25, 0.3) is 0 Å². The third-order valence-corrected chi connectivity index (χ3v) is 3.13. The maximum Gasteiger partial charge on any atom is 0.187 e. The number of fused-ring (bicyclic) bond motifs is 1. The molecule has 0 radical (unpaired) electrons. The molecule has 2 aromatic carbocycles. The number of aromatic amines is 1. The Balaban J connectivity index is 2.02. The monoisotopic (exact) mass is 261 g/mol. The van der Waals surface area contributed by atoms with Crippen molar-refractivity contribution in [2.45, 2.75) is 5.92 Å². The van der Waals surface area contributed by atoms with Crippen molar-refractivity contribution in [3.63, 3.8) is 0 Å². The Hall–Kier alpha value is -2.93. The fourth-order valence-electron chi connectivity index (χ4n) is 2.12. The van der Waals surface area contributed by atoms with E-state index in [1.54, 1.807) is 24.3 Å². The summed E-state index contributed by atoms with van der Waals surface area (Å²) in [4.78, 5) is 19.7.